The lowest BCUT2D eigenvalue weighted by Gasteiger charge is -2.30. The predicted molar refractivity (Wildman–Crippen MR) is 137 cm³/mol. The standard InChI is InChI=1S/C27H33N3O4S/c1-32-16-17-33-15-13-30-11-8-19(9-12-30)27-29-23-7-6-20(18-25(23)35-27)26(31)28-22-10-14-34-24-5-3-2-4-21(22)24/h2-7,18-19,22H,8-17H2,1H3,(H,28,31). The van der Waals surface area contributed by atoms with Gasteiger partial charge < -0.3 is 24.4 Å². The largest absolute Gasteiger partial charge is 0.493 e. The number of hydrogen-bond acceptors (Lipinski definition) is 7. The summed E-state index contributed by atoms with van der Waals surface area (Å²) in [6.07, 6.45) is 2.98. The van der Waals surface area contributed by atoms with Gasteiger partial charge >= 0.3 is 0 Å². The second-order valence-electron chi connectivity index (χ2n) is 9.16. The van der Waals surface area contributed by atoms with E-state index in [0.29, 0.717) is 31.3 Å². The molecule has 0 saturated carbocycles. The van der Waals surface area contributed by atoms with Crippen LogP contribution in [0.15, 0.2) is 42.5 Å². The van der Waals surface area contributed by atoms with Crippen molar-refractivity contribution in [2.75, 3.05) is 53.2 Å². The molecule has 8 heteroatoms. The Bertz CT molecular complexity index is 1140. The SMILES string of the molecule is COCCOCCN1CCC(c2nc3ccc(C(=O)NC4CCOc5ccccc54)cc3s2)CC1. The maximum atomic E-state index is 13.1. The number of thiazole rings is 1. The Labute approximate surface area is 210 Å². The van der Waals surface area contributed by atoms with Crippen LogP contribution in [0.4, 0.5) is 0 Å². The average molecular weight is 496 g/mol. The van der Waals surface area contributed by atoms with Gasteiger partial charge in [0, 0.05) is 37.1 Å². The minimum absolute atomic E-state index is 0.0317. The van der Waals surface area contributed by atoms with Crippen molar-refractivity contribution in [2.24, 2.45) is 0 Å². The normalized spacial score (nSPS) is 18.8. The highest BCUT2D eigenvalue weighted by Crippen LogP contribution is 2.35. The molecule has 2 aromatic carbocycles. The summed E-state index contributed by atoms with van der Waals surface area (Å²) in [5, 5.41) is 4.39. The number of methoxy groups -OCH3 is 1. The highest BCUT2D eigenvalue weighted by atomic mass is 32.1. The molecule has 0 bridgehead atoms. The summed E-state index contributed by atoms with van der Waals surface area (Å²) in [4.78, 5) is 20.4. The number of nitrogens with zero attached hydrogens (tertiary/aromatic N) is 2. The van der Waals surface area contributed by atoms with Crippen molar-refractivity contribution in [1.29, 1.82) is 0 Å². The van der Waals surface area contributed by atoms with Gasteiger partial charge in [-0.3, -0.25) is 4.79 Å². The lowest BCUT2D eigenvalue weighted by molar-refractivity contribution is 0.0532. The van der Waals surface area contributed by atoms with E-state index in [2.05, 4.69) is 10.2 Å². The van der Waals surface area contributed by atoms with Crippen molar-refractivity contribution in [3.8, 4) is 5.75 Å². The third kappa shape index (κ3) is 5.83. The number of benzene rings is 2. The number of likely N-dealkylation sites (tertiary alicyclic amines) is 1. The van der Waals surface area contributed by atoms with Crippen LogP contribution in [0.5, 0.6) is 5.75 Å². The van der Waals surface area contributed by atoms with E-state index in [0.717, 1.165) is 67.0 Å². The third-order valence-corrected chi connectivity index (χ3v) is 8.03. The van der Waals surface area contributed by atoms with Gasteiger partial charge in [0.15, 0.2) is 0 Å². The van der Waals surface area contributed by atoms with Gasteiger partial charge in [-0.1, -0.05) is 18.2 Å². The maximum Gasteiger partial charge on any atom is 0.251 e. The molecule has 7 nitrogen and oxygen atoms in total. The molecule has 35 heavy (non-hydrogen) atoms. The number of aromatic nitrogens is 1. The van der Waals surface area contributed by atoms with Crippen molar-refractivity contribution < 1.29 is 19.0 Å². The van der Waals surface area contributed by atoms with Gasteiger partial charge in [0.2, 0.25) is 0 Å². The number of amides is 1. The molecule has 1 fully saturated rings. The first-order valence-corrected chi connectivity index (χ1v) is 13.2. The molecule has 186 valence electrons. The van der Waals surface area contributed by atoms with Gasteiger partial charge in [-0.15, -0.1) is 11.3 Å². The minimum Gasteiger partial charge on any atom is -0.493 e. The van der Waals surface area contributed by atoms with Gasteiger partial charge in [0.05, 0.1) is 47.7 Å². The second-order valence-corrected chi connectivity index (χ2v) is 10.2. The van der Waals surface area contributed by atoms with E-state index in [-0.39, 0.29) is 11.9 Å². The summed E-state index contributed by atoms with van der Waals surface area (Å²) in [5.41, 5.74) is 2.70. The number of carbonyl (C=O) groups excluding carboxylic acids is 1. The van der Waals surface area contributed by atoms with E-state index in [4.69, 9.17) is 19.2 Å². The summed E-state index contributed by atoms with van der Waals surface area (Å²) in [7, 11) is 1.69. The van der Waals surface area contributed by atoms with Crippen molar-refractivity contribution in [1.82, 2.24) is 15.2 Å². The van der Waals surface area contributed by atoms with E-state index in [1.807, 2.05) is 42.5 Å². The Kier molecular flexibility index (Phi) is 7.93. The highest BCUT2D eigenvalue weighted by Gasteiger charge is 2.25. The number of para-hydroxylation sites is 1. The van der Waals surface area contributed by atoms with Crippen LogP contribution in [0.25, 0.3) is 10.2 Å². The molecule has 0 spiro atoms. The molecule has 0 aliphatic carbocycles. The van der Waals surface area contributed by atoms with Gasteiger partial charge in [-0.2, -0.15) is 0 Å². The molecule has 1 amide bonds. The van der Waals surface area contributed by atoms with Crippen molar-refractivity contribution >= 4 is 27.5 Å². The molecular formula is C27H33N3O4S. The number of nitrogens with one attached hydrogen (secondary N) is 1. The van der Waals surface area contributed by atoms with E-state index in [9.17, 15) is 4.79 Å². The molecule has 3 heterocycles. The maximum absolute atomic E-state index is 13.1. The average Bonchev–Trinajstić information content (AvgIpc) is 3.33. The Morgan fingerprint density at radius 3 is 2.86 bits per heavy atom. The van der Waals surface area contributed by atoms with Crippen molar-refractivity contribution in [3.05, 3.63) is 58.6 Å². The number of hydrogen-bond donors (Lipinski definition) is 1. The lowest BCUT2D eigenvalue weighted by atomic mass is 9.97. The van der Waals surface area contributed by atoms with E-state index < -0.39 is 0 Å². The van der Waals surface area contributed by atoms with Crippen molar-refractivity contribution in [2.45, 2.75) is 31.2 Å². The Balaban J connectivity index is 1.18. The topological polar surface area (TPSA) is 72.9 Å². The van der Waals surface area contributed by atoms with E-state index in [1.54, 1.807) is 18.4 Å². The summed E-state index contributed by atoms with van der Waals surface area (Å²) in [6, 6.07) is 13.8. The van der Waals surface area contributed by atoms with Gasteiger partial charge in [-0.25, -0.2) is 4.98 Å². The molecule has 2 aliphatic rings. The summed E-state index contributed by atoms with van der Waals surface area (Å²) in [6.45, 7) is 5.75. The molecule has 5 rings (SSSR count). The molecule has 3 aromatic rings. The molecule has 1 aromatic heterocycles. The molecule has 1 saturated heterocycles. The van der Waals surface area contributed by atoms with Gasteiger partial charge in [0.25, 0.3) is 5.91 Å². The van der Waals surface area contributed by atoms with Crippen LogP contribution in [0.3, 0.4) is 0 Å². The van der Waals surface area contributed by atoms with Crippen LogP contribution in [-0.2, 0) is 9.47 Å². The summed E-state index contributed by atoms with van der Waals surface area (Å²) >= 11 is 1.73. The predicted octanol–water partition coefficient (Wildman–Crippen LogP) is 4.39. The summed E-state index contributed by atoms with van der Waals surface area (Å²) in [5.74, 6) is 1.29. The fourth-order valence-electron chi connectivity index (χ4n) is 4.83. The first kappa shape index (κ1) is 24.2. The van der Waals surface area contributed by atoms with Crippen LogP contribution in [0.2, 0.25) is 0 Å². The van der Waals surface area contributed by atoms with Gasteiger partial charge in [-0.05, 0) is 50.2 Å². The fraction of sp³-hybridized carbons (Fsp3) is 0.481. The first-order valence-electron chi connectivity index (χ1n) is 12.4. The Morgan fingerprint density at radius 2 is 2.00 bits per heavy atom. The highest BCUT2D eigenvalue weighted by molar-refractivity contribution is 7.18. The first-order chi connectivity index (χ1) is 17.2. The zero-order valence-electron chi connectivity index (χ0n) is 20.2. The number of piperidine rings is 1. The Morgan fingerprint density at radius 1 is 1.14 bits per heavy atom. The van der Waals surface area contributed by atoms with Crippen LogP contribution in [0.1, 0.15) is 52.2 Å². The smallest absolute Gasteiger partial charge is 0.251 e. The lowest BCUT2D eigenvalue weighted by Crippen LogP contribution is -2.35. The molecule has 1 atom stereocenters. The van der Waals surface area contributed by atoms with Gasteiger partial charge in [0.1, 0.15) is 5.75 Å². The fourth-order valence-corrected chi connectivity index (χ4v) is 6.01. The Hall–Kier alpha value is -2.52. The van der Waals surface area contributed by atoms with Crippen LogP contribution < -0.4 is 10.1 Å². The number of ether oxygens (including phenoxy) is 3. The van der Waals surface area contributed by atoms with Crippen LogP contribution in [0, 0.1) is 0 Å². The molecule has 1 unspecified atom stereocenters. The molecule has 1 N–H and O–H groups in total. The third-order valence-electron chi connectivity index (χ3n) is 6.85. The zero-order chi connectivity index (χ0) is 24.0. The van der Waals surface area contributed by atoms with E-state index in [1.165, 1.54) is 5.01 Å². The molecular weight excluding hydrogens is 462 g/mol. The monoisotopic (exact) mass is 495 g/mol. The number of rotatable bonds is 9. The number of carbonyl (C=O) groups is 1. The number of fused-ring (bicyclic) bond motifs is 2. The van der Waals surface area contributed by atoms with Crippen LogP contribution in [-0.4, -0.2) is 69.0 Å². The minimum atomic E-state index is -0.0513. The second kappa shape index (κ2) is 11.5. The molecule has 2 aliphatic heterocycles. The zero-order valence-corrected chi connectivity index (χ0v) is 21.0. The summed E-state index contributed by atoms with van der Waals surface area (Å²) < 4.78 is 17.4. The van der Waals surface area contributed by atoms with Crippen LogP contribution >= 0.6 is 11.3 Å². The van der Waals surface area contributed by atoms with Crippen molar-refractivity contribution in [3.63, 3.8) is 0 Å². The molecule has 0 radical (unpaired) electrons. The quantitative estimate of drug-likeness (QED) is 0.444. The van der Waals surface area contributed by atoms with E-state index >= 15 is 0 Å².